The highest BCUT2D eigenvalue weighted by Crippen LogP contribution is 1.89. The van der Waals surface area contributed by atoms with Crippen molar-refractivity contribution in [2.24, 2.45) is 0 Å². The number of ketones is 1. The van der Waals surface area contributed by atoms with Crippen molar-refractivity contribution in [3.8, 4) is 0 Å². The number of carbonyl (C=O) groups is 3. The summed E-state index contributed by atoms with van der Waals surface area (Å²) in [5.74, 6) is -3.53. The second kappa shape index (κ2) is 14.7. The van der Waals surface area contributed by atoms with Crippen LogP contribution in [0, 0.1) is 0 Å². The number of carboxylic acid groups (broad SMARTS) is 2. The van der Waals surface area contributed by atoms with Crippen molar-refractivity contribution < 1.29 is 34.8 Å². The first-order valence-corrected chi connectivity index (χ1v) is 5.81. The molecule has 0 aromatic carbocycles. The number of hydrogen-bond donors (Lipinski definition) is 4. The van der Waals surface area contributed by atoms with E-state index >= 15 is 0 Å². The molecule has 116 valence electrons. The molecule has 0 unspecified atom stereocenters. The molecule has 0 spiro atoms. The molecule has 0 aromatic heterocycles. The first-order chi connectivity index (χ1) is 9.09. The lowest BCUT2D eigenvalue weighted by molar-refractivity contribution is -0.136. The number of carboxylic acids is 2. The van der Waals surface area contributed by atoms with Crippen LogP contribution < -0.4 is 0 Å². The van der Waals surface area contributed by atoms with Gasteiger partial charge in [-0.1, -0.05) is 13.8 Å². The molecular formula is C13H22O7. The number of allylic oxidation sites excluding steroid dienone is 2. The van der Waals surface area contributed by atoms with Gasteiger partial charge in [0, 0.05) is 0 Å². The summed E-state index contributed by atoms with van der Waals surface area (Å²) in [4.78, 5) is 29.0. The minimum atomic E-state index is -1.27. The average Bonchev–Trinajstić information content (AvgIpc) is 2.29. The summed E-state index contributed by atoms with van der Waals surface area (Å²) < 4.78 is 0. The van der Waals surface area contributed by atoms with Crippen molar-refractivity contribution >= 4 is 17.7 Å². The van der Waals surface area contributed by atoms with E-state index in [1.165, 1.54) is 26.0 Å². The molecule has 0 radical (unpaired) electrons. The molecular weight excluding hydrogens is 268 g/mol. The molecule has 7 nitrogen and oxygen atoms in total. The first kappa shape index (κ1) is 22.8. The molecule has 0 atom stereocenters. The van der Waals surface area contributed by atoms with E-state index in [0.717, 1.165) is 0 Å². The Balaban J connectivity index is -0.000000230. The monoisotopic (exact) mass is 290 g/mol. The van der Waals surface area contributed by atoms with Gasteiger partial charge in [-0.05, 0) is 38.8 Å². The third-order valence-corrected chi connectivity index (χ3v) is 1.23. The number of aliphatic hydroxyl groups excluding tert-OH is 2. The molecule has 0 rings (SSSR count). The van der Waals surface area contributed by atoms with Crippen molar-refractivity contribution in [3.63, 3.8) is 0 Å². The van der Waals surface area contributed by atoms with Crippen molar-refractivity contribution in [2.75, 3.05) is 0 Å². The predicted molar refractivity (Wildman–Crippen MR) is 73.6 cm³/mol. The SMILES string of the molecule is CC(C)=O.CC/C=C(\O)C(=O)O.CC/C=C(\O)C(=O)O. The van der Waals surface area contributed by atoms with Crippen LogP contribution in [0.1, 0.15) is 40.5 Å². The topological polar surface area (TPSA) is 132 Å². The summed E-state index contributed by atoms with van der Waals surface area (Å²) >= 11 is 0. The van der Waals surface area contributed by atoms with Crippen molar-refractivity contribution in [3.05, 3.63) is 23.7 Å². The van der Waals surface area contributed by atoms with Crippen molar-refractivity contribution in [2.45, 2.75) is 40.5 Å². The van der Waals surface area contributed by atoms with Gasteiger partial charge in [0.1, 0.15) is 5.78 Å². The maximum atomic E-state index is 9.77. The molecule has 0 amide bonds. The summed E-state index contributed by atoms with van der Waals surface area (Å²) in [6.07, 6.45) is 3.56. The molecule has 0 fully saturated rings. The minimum absolute atomic E-state index is 0.167. The lowest BCUT2D eigenvalue weighted by atomic mass is 10.4. The maximum Gasteiger partial charge on any atom is 0.370 e. The van der Waals surface area contributed by atoms with Crippen LogP contribution >= 0.6 is 0 Å². The summed E-state index contributed by atoms with van der Waals surface area (Å²) in [5, 5.41) is 32.8. The molecule has 7 heteroatoms. The van der Waals surface area contributed by atoms with Gasteiger partial charge in [-0.3, -0.25) is 0 Å². The van der Waals surface area contributed by atoms with E-state index in [9.17, 15) is 14.4 Å². The van der Waals surface area contributed by atoms with Gasteiger partial charge in [-0.25, -0.2) is 9.59 Å². The minimum Gasteiger partial charge on any atom is -0.502 e. The van der Waals surface area contributed by atoms with Gasteiger partial charge in [0.2, 0.25) is 0 Å². The van der Waals surface area contributed by atoms with Crippen molar-refractivity contribution in [1.29, 1.82) is 0 Å². The van der Waals surface area contributed by atoms with Crippen LogP contribution in [0.25, 0.3) is 0 Å². The van der Waals surface area contributed by atoms with E-state index < -0.39 is 23.5 Å². The van der Waals surface area contributed by atoms with Crippen LogP contribution in [-0.4, -0.2) is 38.1 Å². The van der Waals surface area contributed by atoms with E-state index in [4.69, 9.17) is 20.4 Å². The fourth-order valence-electron chi connectivity index (χ4n) is 0.561. The third kappa shape index (κ3) is 24.8. The molecule has 4 N–H and O–H groups in total. The van der Waals surface area contributed by atoms with Gasteiger partial charge in [0.25, 0.3) is 0 Å². The smallest absolute Gasteiger partial charge is 0.370 e. The zero-order valence-corrected chi connectivity index (χ0v) is 12.1. The Hall–Kier alpha value is -2.31. The summed E-state index contributed by atoms with van der Waals surface area (Å²) in [7, 11) is 0. The van der Waals surface area contributed by atoms with E-state index in [2.05, 4.69) is 0 Å². The number of Topliss-reactive ketones (excluding diaryl/α,β-unsaturated/α-hetero) is 1. The lowest BCUT2D eigenvalue weighted by Crippen LogP contribution is -1.97. The van der Waals surface area contributed by atoms with Crippen LogP contribution in [0.3, 0.4) is 0 Å². The van der Waals surface area contributed by atoms with Gasteiger partial charge in [-0.2, -0.15) is 0 Å². The van der Waals surface area contributed by atoms with E-state index in [1.54, 1.807) is 13.8 Å². The van der Waals surface area contributed by atoms with E-state index in [-0.39, 0.29) is 5.78 Å². The van der Waals surface area contributed by atoms with Gasteiger partial charge in [0.05, 0.1) is 0 Å². The lowest BCUT2D eigenvalue weighted by Gasteiger charge is -1.86. The Labute approximate surface area is 117 Å². The second-order valence-electron chi connectivity index (χ2n) is 3.51. The molecule has 0 aromatic rings. The van der Waals surface area contributed by atoms with Crippen LogP contribution in [-0.2, 0) is 14.4 Å². The second-order valence-corrected chi connectivity index (χ2v) is 3.51. The Kier molecular flexibility index (Phi) is 16.8. The van der Waals surface area contributed by atoms with Crippen LogP contribution in [0.2, 0.25) is 0 Å². The maximum absolute atomic E-state index is 9.77. The molecule has 0 saturated carbocycles. The standard InChI is InChI=1S/2C5H8O3.C3H6O/c2*1-2-3-4(6)5(7)8;1-3(2)4/h2*3,6H,2H2,1H3,(H,7,8);1-2H3/b2*4-3-;. The Bertz CT molecular complexity index is 333. The van der Waals surface area contributed by atoms with Gasteiger partial charge in [-0.15, -0.1) is 0 Å². The van der Waals surface area contributed by atoms with Crippen LogP contribution in [0.5, 0.6) is 0 Å². The van der Waals surface area contributed by atoms with Gasteiger partial charge >= 0.3 is 11.9 Å². The summed E-state index contributed by atoms with van der Waals surface area (Å²) in [6.45, 7) is 6.55. The third-order valence-electron chi connectivity index (χ3n) is 1.23. The number of carbonyl (C=O) groups excluding carboxylic acids is 1. The molecule has 0 heterocycles. The van der Waals surface area contributed by atoms with Crippen LogP contribution in [0.15, 0.2) is 23.7 Å². The predicted octanol–water partition coefficient (Wildman–Crippen LogP) is 2.44. The van der Waals surface area contributed by atoms with Gasteiger partial charge < -0.3 is 25.2 Å². The Morgan fingerprint density at radius 1 is 0.750 bits per heavy atom. The summed E-state index contributed by atoms with van der Waals surface area (Å²) in [6, 6.07) is 0. The van der Waals surface area contributed by atoms with Gasteiger partial charge in [0.15, 0.2) is 11.5 Å². The largest absolute Gasteiger partial charge is 0.502 e. The molecule has 0 aliphatic carbocycles. The first-order valence-electron chi connectivity index (χ1n) is 5.81. The van der Waals surface area contributed by atoms with Crippen LogP contribution in [0.4, 0.5) is 0 Å². The highest BCUT2D eigenvalue weighted by Gasteiger charge is 1.99. The fraction of sp³-hybridized carbons (Fsp3) is 0.462. The highest BCUT2D eigenvalue weighted by molar-refractivity contribution is 5.83. The molecule has 0 bridgehead atoms. The fourth-order valence-corrected chi connectivity index (χ4v) is 0.561. The highest BCUT2D eigenvalue weighted by atomic mass is 16.4. The normalized spacial score (nSPS) is 10.4. The summed E-state index contributed by atoms with van der Waals surface area (Å²) in [5.41, 5.74) is 0. The molecule has 0 aliphatic rings. The number of aliphatic hydroxyl groups is 2. The van der Waals surface area contributed by atoms with E-state index in [0.29, 0.717) is 12.8 Å². The Morgan fingerprint density at radius 3 is 1.00 bits per heavy atom. The quantitative estimate of drug-likeness (QED) is 0.461. The molecule has 0 saturated heterocycles. The number of rotatable bonds is 4. The zero-order valence-electron chi connectivity index (χ0n) is 12.1. The number of hydrogen-bond acceptors (Lipinski definition) is 5. The Morgan fingerprint density at radius 2 is 0.950 bits per heavy atom. The number of aliphatic carboxylic acids is 2. The molecule has 20 heavy (non-hydrogen) atoms. The van der Waals surface area contributed by atoms with Crippen molar-refractivity contribution in [1.82, 2.24) is 0 Å². The van der Waals surface area contributed by atoms with E-state index in [1.807, 2.05) is 0 Å². The molecule has 0 aliphatic heterocycles. The zero-order chi connectivity index (χ0) is 16.7. The average molecular weight is 290 g/mol.